The predicted octanol–water partition coefficient (Wildman–Crippen LogP) is 6.28. The topological polar surface area (TPSA) is 153 Å². The molecular weight excluding hydrogens is 926 g/mol. The van der Waals surface area contributed by atoms with E-state index in [4.69, 9.17) is 11.6 Å². The number of aliphatic hydroxyl groups is 1. The first-order valence-electron chi connectivity index (χ1n) is 21.4. The quantitative estimate of drug-likeness (QED) is 0.0626. The molecule has 3 N–H and O–H groups in total. The van der Waals surface area contributed by atoms with Crippen molar-refractivity contribution in [3.63, 3.8) is 0 Å². The Labute approximate surface area is 378 Å². The van der Waals surface area contributed by atoms with E-state index in [-0.39, 0.29) is 48.6 Å². The van der Waals surface area contributed by atoms with E-state index in [1.165, 1.54) is 10.9 Å². The summed E-state index contributed by atoms with van der Waals surface area (Å²) in [5, 5.41) is 19.0. The number of carbonyl (C=O) groups excluding carboxylic acids is 3. The fourth-order valence-electron chi connectivity index (χ4n) is 8.44. The van der Waals surface area contributed by atoms with Gasteiger partial charge < -0.3 is 25.5 Å². The summed E-state index contributed by atoms with van der Waals surface area (Å²) in [5.41, 5.74) is 0.254. The predicted molar refractivity (Wildman–Crippen MR) is 246 cm³/mol. The maximum absolute atomic E-state index is 14.8. The highest BCUT2D eigenvalue weighted by Gasteiger charge is 2.46. The van der Waals surface area contributed by atoms with Crippen LogP contribution in [0, 0.1) is 5.92 Å². The monoisotopic (exact) mass is 976 g/mol. The van der Waals surface area contributed by atoms with Crippen molar-refractivity contribution in [2.75, 3.05) is 57.7 Å². The number of nitrogens with zero attached hydrogens (tertiary/aromatic N) is 6. The lowest BCUT2D eigenvalue weighted by Gasteiger charge is -2.39. The maximum Gasteiger partial charge on any atom is 0.261 e. The van der Waals surface area contributed by atoms with Crippen molar-refractivity contribution in [2.24, 2.45) is 5.92 Å². The molecule has 3 fully saturated rings. The van der Waals surface area contributed by atoms with E-state index in [0.29, 0.717) is 108 Å². The van der Waals surface area contributed by atoms with Crippen LogP contribution in [0.15, 0.2) is 83.9 Å². The van der Waals surface area contributed by atoms with Crippen molar-refractivity contribution >= 4 is 79.7 Å². The number of anilines is 1. The van der Waals surface area contributed by atoms with Crippen molar-refractivity contribution in [2.45, 2.75) is 69.2 Å². The molecule has 0 bridgehead atoms. The van der Waals surface area contributed by atoms with E-state index >= 15 is 0 Å². The highest BCUT2D eigenvalue weighted by molar-refractivity contribution is 14.1. The Hall–Kier alpha value is -4.55. The van der Waals surface area contributed by atoms with Gasteiger partial charge in [0.2, 0.25) is 11.8 Å². The summed E-state index contributed by atoms with van der Waals surface area (Å²) in [5.74, 6) is -0.746. The number of nitrogens with one attached hydrogen (secondary N) is 2. The van der Waals surface area contributed by atoms with Crippen molar-refractivity contribution < 1.29 is 23.9 Å². The second-order valence-electron chi connectivity index (χ2n) is 17.0. The van der Waals surface area contributed by atoms with Gasteiger partial charge in [0.1, 0.15) is 0 Å². The van der Waals surface area contributed by atoms with Crippen LogP contribution in [0.3, 0.4) is 0 Å². The normalized spacial score (nSPS) is 18.1. The Bertz CT molecular complexity index is 2510. The van der Waals surface area contributed by atoms with Gasteiger partial charge in [-0.1, -0.05) is 48.0 Å². The number of carbonyl (C=O) groups is 3. The molecule has 8 rings (SSSR count). The summed E-state index contributed by atoms with van der Waals surface area (Å²) in [7, 11) is 0. The molecule has 3 aliphatic rings. The van der Waals surface area contributed by atoms with Gasteiger partial charge in [0, 0.05) is 104 Å². The van der Waals surface area contributed by atoms with Crippen LogP contribution in [0.25, 0.3) is 21.8 Å². The van der Waals surface area contributed by atoms with Crippen LogP contribution < -0.4 is 16.2 Å². The van der Waals surface area contributed by atoms with Crippen molar-refractivity contribution in [1.82, 2.24) is 32.8 Å². The number of hydrogen-bond donors (Lipinski definition) is 3. The van der Waals surface area contributed by atoms with Gasteiger partial charge in [0.05, 0.1) is 45.6 Å². The molecule has 4 heterocycles. The molecule has 0 radical (unpaired) electrons. The minimum atomic E-state index is -1.45. The smallest absolute Gasteiger partial charge is 0.261 e. The second kappa shape index (κ2) is 19.1. The molecule has 13 nitrogen and oxygen atoms in total. The van der Waals surface area contributed by atoms with Crippen LogP contribution >= 0.6 is 34.5 Å². The molecule has 326 valence electrons. The van der Waals surface area contributed by atoms with Gasteiger partial charge in [-0.05, 0) is 86.9 Å². The van der Waals surface area contributed by atoms with Gasteiger partial charge >= 0.3 is 0 Å². The Morgan fingerprint density at radius 3 is 2.39 bits per heavy atom. The van der Waals surface area contributed by atoms with Crippen molar-refractivity contribution in [3.05, 3.63) is 111 Å². The van der Waals surface area contributed by atoms with Gasteiger partial charge in [-0.3, -0.25) is 23.7 Å². The molecule has 3 amide bonds. The molecule has 1 aliphatic carbocycles. The van der Waals surface area contributed by atoms with Gasteiger partial charge in [-0.25, -0.2) is 17.5 Å². The number of benzene rings is 3. The van der Waals surface area contributed by atoms with Crippen LogP contribution in [0.1, 0.15) is 66.6 Å². The molecule has 2 aliphatic heterocycles. The zero-order valence-electron chi connectivity index (χ0n) is 34.5. The van der Waals surface area contributed by atoms with Gasteiger partial charge in [0.15, 0.2) is 5.67 Å². The van der Waals surface area contributed by atoms with E-state index in [9.17, 15) is 28.7 Å². The second-order valence-corrected chi connectivity index (χ2v) is 18.8. The van der Waals surface area contributed by atoms with Crippen molar-refractivity contribution in [1.29, 1.82) is 0 Å². The molecule has 1 saturated carbocycles. The van der Waals surface area contributed by atoms with Gasteiger partial charge in [-0.2, -0.15) is 0 Å². The Morgan fingerprint density at radius 1 is 0.903 bits per heavy atom. The van der Waals surface area contributed by atoms with Crippen LogP contribution in [0.5, 0.6) is 0 Å². The van der Waals surface area contributed by atoms with E-state index in [2.05, 4.69) is 51.5 Å². The lowest BCUT2D eigenvalue weighted by Crippen LogP contribution is -2.51. The van der Waals surface area contributed by atoms with E-state index < -0.39 is 11.3 Å². The Morgan fingerprint density at radius 2 is 1.65 bits per heavy atom. The fourth-order valence-corrected chi connectivity index (χ4v) is 9.14. The maximum atomic E-state index is 14.8. The SMILES string of the molecule is O=C(CCN1CCN(I)CC1)Nc1ccc2c(=O)n(CC3(O)CCN(C(=O)C(CCCNC(=O)c4ccc5c(Cl)cc(C6(F)CC6)nc5c4)Cc4ccccc4)CC3)cnc2c1. The molecule has 16 heteroatoms. The molecular formula is C46H51ClFIN8O5. The molecule has 2 aromatic heterocycles. The fraction of sp³-hybridized carbons (Fsp3) is 0.435. The third-order valence-corrected chi connectivity index (χ3v) is 13.7. The number of aromatic nitrogens is 3. The summed E-state index contributed by atoms with van der Waals surface area (Å²) in [4.78, 5) is 66.6. The summed E-state index contributed by atoms with van der Waals surface area (Å²) >= 11 is 8.75. The molecule has 5 aromatic rings. The first-order chi connectivity index (χ1) is 29.8. The molecule has 0 spiro atoms. The standard InChI is InChI=1S/C46H51ClFIN8O5/c47-37-28-40(46(48)13-14-46)53-39-26-32(8-10-35(37)39)42(59)50-17-4-7-33(25-31-5-2-1-3-6-31)43(60)55-19-15-45(62,16-20-55)29-56-30-51-38-27-34(9-11-36(38)44(56)61)52-41(58)12-18-54-21-23-57(49)24-22-54/h1-3,5-6,8-11,26-28,30,33,62H,4,7,12-25,29H2,(H,50,59)(H,52,58). The minimum absolute atomic E-state index is 0.0108. The number of amides is 3. The highest BCUT2D eigenvalue weighted by Crippen LogP contribution is 2.49. The zero-order chi connectivity index (χ0) is 43.4. The lowest BCUT2D eigenvalue weighted by atomic mass is 9.88. The first-order valence-corrected chi connectivity index (χ1v) is 22.7. The van der Waals surface area contributed by atoms with Gasteiger partial charge in [0.25, 0.3) is 11.5 Å². The summed E-state index contributed by atoms with van der Waals surface area (Å²) in [6.45, 7) is 5.55. The number of piperazine rings is 1. The number of piperidine rings is 1. The summed E-state index contributed by atoms with van der Waals surface area (Å²) in [6.07, 6.45) is 4.82. The van der Waals surface area contributed by atoms with Crippen LogP contribution in [0.4, 0.5) is 10.1 Å². The average Bonchev–Trinajstić information content (AvgIpc) is 4.03. The molecule has 3 aromatic carbocycles. The summed E-state index contributed by atoms with van der Waals surface area (Å²) < 4.78 is 18.5. The molecule has 62 heavy (non-hydrogen) atoms. The Balaban J connectivity index is 0.845. The van der Waals surface area contributed by atoms with E-state index in [1.807, 2.05) is 30.3 Å². The number of pyridine rings is 1. The average molecular weight is 977 g/mol. The minimum Gasteiger partial charge on any atom is -0.388 e. The van der Waals surface area contributed by atoms with E-state index in [1.54, 1.807) is 47.4 Å². The number of fused-ring (bicyclic) bond motifs is 2. The number of likely N-dealkylation sites (tertiary alicyclic amines) is 1. The highest BCUT2D eigenvalue weighted by atomic mass is 127. The number of halogens is 3. The zero-order valence-corrected chi connectivity index (χ0v) is 37.4. The van der Waals surface area contributed by atoms with Gasteiger partial charge in [-0.15, -0.1) is 0 Å². The lowest BCUT2D eigenvalue weighted by molar-refractivity contribution is -0.140. The Kier molecular flexibility index (Phi) is 13.5. The number of rotatable bonds is 15. The van der Waals surface area contributed by atoms with Crippen molar-refractivity contribution in [3.8, 4) is 0 Å². The van der Waals surface area contributed by atoms with Crippen LogP contribution in [0.2, 0.25) is 5.02 Å². The molecule has 2 saturated heterocycles. The van der Waals surface area contributed by atoms with Crippen LogP contribution in [-0.2, 0) is 28.2 Å². The first kappa shape index (κ1) is 44.1. The third kappa shape index (κ3) is 10.6. The molecule has 1 atom stereocenters. The molecule has 1 unspecified atom stereocenters. The van der Waals surface area contributed by atoms with E-state index in [0.717, 1.165) is 31.7 Å². The largest absolute Gasteiger partial charge is 0.388 e. The van der Waals surface area contributed by atoms with Crippen LogP contribution in [-0.4, -0.2) is 108 Å². The third-order valence-electron chi connectivity index (χ3n) is 12.4. The number of hydrogen-bond acceptors (Lipinski definition) is 9. The number of alkyl halides is 1. The summed E-state index contributed by atoms with van der Waals surface area (Å²) in [6, 6.07) is 21.5.